The maximum absolute atomic E-state index is 13.3. The van der Waals surface area contributed by atoms with Gasteiger partial charge in [-0.15, -0.1) is 0 Å². The Balaban J connectivity index is 2.02. The Bertz CT molecular complexity index is 1130. The fourth-order valence-electron chi connectivity index (χ4n) is 3.04. The van der Waals surface area contributed by atoms with Crippen LogP contribution in [-0.2, 0) is 17.8 Å². The third-order valence-electron chi connectivity index (χ3n) is 4.38. The van der Waals surface area contributed by atoms with Crippen LogP contribution in [0.4, 0.5) is 10.1 Å². The fourth-order valence-corrected chi connectivity index (χ4v) is 3.56. The van der Waals surface area contributed by atoms with Gasteiger partial charge in [0.1, 0.15) is 18.2 Å². The smallest absolute Gasteiger partial charge is 0.257 e. The second kappa shape index (κ2) is 9.38. The number of rotatable bonds is 6. The molecule has 0 radical (unpaired) electrons. The molecule has 3 rings (SSSR count). The summed E-state index contributed by atoms with van der Waals surface area (Å²) in [5.74, 6) is -0.713. The van der Waals surface area contributed by atoms with Crippen LogP contribution in [-0.4, -0.2) is 27.2 Å². The molecule has 0 unspecified atom stereocenters. The van der Waals surface area contributed by atoms with Gasteiger partial charge in [-0.25, -0.2) is 9.37 Å². The van der Waals surface area contributed by atoms with E-state index in [1.165, 1.54) is 47.0 Å². The zero-order chi connectivity index (χ0) is 21.8. The standard InChI is InChI=1S/C21H18Cl2FN3O3/c1-12-18(6-7-28)21(30)27(20(25-12)13-2-4-16(24)5-3-13)11-19(29)26-17-9-14(22)8-15(23)10-17/h2-5,8-10,28H,6-7,11H2,1H3,(H,26,29). The Labute approximate surface area is 181 Å². The summed E-state index contributed by atoms with van der Waals surface area (Å²) in [5.41, 5.74) is 1.15. The number of hydrogen-bond acceptors (Lipinski definition) is 4. The third-order valence-corrected chi connectivity index (χ3v) is 4.82. The Morgan fingerprint density at radius 3 is 2.40 bits per heavy atom. The minimum absolute atomic E-state index is 0.104. The predicted octanol–water partition coefficient (Wildman–Crippen LogP) is 3.84. The number of halogens is 3. The van der Waals surface area contributed by atoms with Gasteiger partial charge in [0.25, 0.3) is 5.56 Å². The summed E-state index contributed by atoms with van der Waals surface area (Å²) in [6, 6.07) is 10.0. The van der Waals surface area contributed by atoms with Crippen molar-refractivity contribution in [1.82, 2.24) is 9.55 Å². The third kappa shape index (κ3) is 5.05. The van der Waals surface area contributed by atoms with Crippen LogP contribution in [0, 0.1) is 12.7 Å². The Kier molecular flexibility index (Phi) is 6.87. The molecule has 0 fully saturated rings. The van der Waals surface area contributed by atoms with Gasteiger partial charge < -0.3 is 10.4 Å². The van der Waals surface area contributed by atoms with Gasteiger partial charge in [-0.2, -0.15) is 0 Å². The molecular formula is C21H18Cl2FN3O3. The molecule has 1 heterocycles. The summed E-state index contributed by atoms with van der Waals surface area (Å²) in [6.45, 7) is 1.07. The number of amides is 1. The van der Waals surface area contributed by atoms with Gasteiger partial charge in [0, 0.05) is 45.6 Å². The molecule has 2 aromatic carbocycles. The minimum Gasteiger partial charge on any atom is -0.396 e. The molecule has 0 atom stereocenters. The van der Waals surface area contributed by atoms with Crippen molar-refractivity contribution < 1.29 is 14.3 Å². The van der Waals surface area contributed by atoms with E-state index in [0.29, 0.717) is 32.6 Å². The van der Waals surface area contributed by atoms with Crippen molar-refractivity contribution in [2.24, 2.45) is 0 Å². The molecular weight excluding hydrogens is 432 g/mol. The van der Waals surface area contributed by atoms with Crippen molar-refractivity contribution in [3.8, 4) is 11.4 Å². The number of nitrogens with zero attached hydrogens (tertiary/aromatic N) is 2. The van der Waals surface area contributed by atoms with Gasteiger partial charge in [-0.1, -0.05) is 23.2 Å². The highest BCUT2D eigenvalue weighted by atomic mass is 35.5. The van der Waals surface area contributed by atoms with E-state index in [4.69, 9.17) is 23.2 Å². The van der Waals surface area contributed by atoms with Crippen LogP contribution in [0.5, 0.6) is 0 Å². The minimum atomic E-state index is -0.501. The van der Waals surface area contributed by atoms with E-state index in [2.05, 4.69) is 10.3 Å². The Morgan fingerprint density at radius 1 is 1.17 bits per heavy atom. The molecule has 0 aliphatic carbocycles. The number of nitrogens with one attached hydrogen (secondary N) is 1. The lowest BCUT2D eigenvalue weighted by Crippen LogP contribution is -2.33. The number of anilines is 1. The topological polar surface area (TPSA) is 84.2 Å². The molecule has 0 saturated carbocycles. The summed E-state index contributed by atoms with van der Waals surface area (Å²) in [5, 5.41) is 12.6. The zero-order valence-electron chi connectivity index (χ0n) is 16.0. The second-order valence-corrected chi connectivity index (χ2v) is 7.45. The van der Waals surface area contributed by atoms with E-state index in [9.17, 15) is 19.1 Å². The molecule has 2 N–H and O–H groups in total. The number of aliphatic hydroxyl groups is 1. The molecule has 0 bridgehead atoms. The number of aliphatic hydroxyl groups excluding tert-OH is 1. The maximum atomic E-state index is 13.3. The van der Waals surface area contributed by atoms with Crippen LogP contribution in [0.3, 0.4) is 0 Å². The highest BCUT2D eigenvalue weighted by molar-refractivity contribution is 6.35. The van der Waals surface area contributed by atoms with Crippen LogP contribution < -0.4 is 10.9 Å². The lowest BCUT2D eigenvalue weighted by Gasteiger charge is -2.16. The number of hydrogen-bond donors (Lipinski definition) is 2. The maximum Gasteiger partial charge on any atom is 0.257 e. The Morgan fingerprint density at radius 2 is 1.80 bits per heavy atom. The average Bonchev–Trinajstić information content (AvgIpc) is 2.67. The molecule has 1 amide bonds. The van der Waals surface area contributed by atoms with Crippen molar-refractivity contribution in [3.63, 3.8) is 0 Å². The van der Waals surface area contributed by atoms with Crippen molar-refractivity contribution in [2.45, 2.75) is 19.9 Å². The SMILES string of the molecule is Cc1nc(-c2ccc(F)cc2)n(CC(=O)Nc2cc(Cl)cc(Cl)c2)c(=O)c1CCO. The molecule has 1 aromatic heterocycles. The first-order valence-corrected chi connectivity index (χ1v) is 9.77. The van der Waals surface area contributed by atoms with Gasteiger partial charge in [0.05, 0.1) is 0 Å². The number of benzene rings is 2. The molecule has 3 aromatic rings. The highest BCUT2D eigenvalue weighted by Gasteiger charge is 2.18. The van der Waals surface area contributed by atoms with Gasteiger partial charge >= 0.3 is 0 Å². The average molecular weight is 450 g/mol. The van der Waals surface area contributed by atoms with Crippen LogP contribution in [0.2, 0.25) is 10.0 Å². The zero-order valence-corrected chi connectivity index (χ0v) is 17.5. The van der Waals surface area contributed by atoms with E-state index >= 15 is 0 Å². The number of aryl methyl sites for hydroxylation is 1. The van der Waals surface area contributed by atoms with Crippen molar-refractivity contribution >= 4 is 34.8 Å². The highest BCUT2D eigenvalue weighted by Crippen LogP contribution is 2.23. The van der Waals surface area contributed by atoms with E-state index in [1.807, 2.05) is 0 Å². The van der Waals surface area contributed by atoms with E-state index in [0.717, 1.165) is 0 Å². The lowest BCUT2D eigenvalue weighted by atomic mass is 10.1. The summed E-state index contributed by atoms with van der Waals surface area (Å²) >= 11 is 11.9. The van der Waals surface area contributed by atoms with E-state index in [1.54, 1.807) is 6.92 Å². The lowest BCUT2D eigenvalue weighted by molar-refractivity contribution is -0.116. The van der Waals surface area contributed by atoms with Crippen LogP contribution in [0.1, 0.15) is 11.3 Å². The largest absolute Gasteiger partial charge is 0.396 e. The van der Waals surface area contributed by atoms with Gasteiger partial charge in [0.2, 0.25) is 5.91 Å². The fraction of sp³-hybridized carbons (Fsp3) is 0.190. The molecule has 30 heavy (non-hydrogen) atoms. The first-order valence-electron chi connectivity index (χ1n) is 9.01. The molecule has 0 spiro atoms. The number of carbonyl (C=O) groups excluding carboxylic acids is 1. The predicted molar refractivity (Wildman–Crippen MR) is 115 cm³/mol. The molecule has 0 aliphatic heterocycles. The molecule has 6 nitrogen and oxygen atoms in total. The van der Waals surface area contributed by atoms with E-state index in [-0.39, 0.29) is 25.4 Å². The molecule has 0 saturated heterocycles. The van der Waals surface area contributed by atoms with Crippen molar-refractivity contribution in [2.75, 3.05) is 11.9 Å². The second-order valence-electron chi connectivity index (χ2n) is 6.58. The molecule has 9 heteroatoms. The van der Waals surface area contributed by atoms with Gasteiger partial charge in [0.15, 0.2) is 0 Å². The summed E-state index contributed by atoms with van der Waals surface area (Å²) < 4.78 is 14.5. The normalized spacial score (nSPS) is 10.8. The molecule has 156 valence electrons. The number of carbonyl (C=O) groups is 1. The van der Waals surface area contributed by atoms with E-state index < -0.39 is 17.3 Å². The Hall–Kier alpha value is -2.74. The van der Waals surface area contributed by atoms with Crippen molar-refractivity contribution in [3.05, 3.63) is 79.9 Å². The summed E-state index contributed by atoms with van der Waals surface area (Å²) in [4.78, 5) is 30.2. The number of aromatic nitrogens is 2. The monoisotopic (exact) mass is 449 g/mol. The van der Waals surface area contributed by atoms with Crippen LogP contribution >= 0.6 is 23.2 Å². The molecule has 0 aliphatic rings. The quantitative estimate of drug-likeness (QED) is 0.598. The van der Waals surface area contributed by atoms with Gasteiger partial charge in [-0.3, -0.25) is 14.2 Å². The first-order chi connectivity index (χ1) is 14.3. The first kappa shape index (κ1) is 22.0. The van der Waals surface area contributed by atoms with Gasteiger partial charge in [-0.05, 0) is 49.4 Å². The summed E-state index contributed by atoms with van der Waals surface area (Å²) in [7, 11) is 0. The van der Waals surface area contributed by atoms with Crippen molar-refractivity contribution in [1.29, 1.82) is 0 Å². The summed E-state index contributed by atoms with van der Waals surface area (Å²) in [6.07, 6.45) is 0.104. The van der Waals surface area contributed by atoms with Crippen LogP contribution in [0.15, 0.2) is 47.3 Å². The van der Waals surface area contributed by atoms with Crippen LogP contribution in [0.25, 0.3) is 11.4 Å².